The van der Waals surface area contributed by atoms with Gasteiger partial charge in [-0.2, -0.15) is 0 Å². The molecule has 2 N–H and O–H groups in total. The maximum Gasteiger partial charge on any atom is 0.252 e. The summed E-state index contributed by atoms with van der Waals surface area (Å²) in [6.07, 6.45) is 2.19. The molecule has 0 spiro atoms. The van der Waals surface area contributed by atoms with E-state index in [2.05, 4.69) is 15.2 Å². The van der Waals surface area contributed by atoms with E-state index in [0.717, 1.165) is 55.7 Å². The fourth-order valence-electron chi connectivity index (χ4n) is 3.99. The van der Waals surface area contributed by atoms with Crippen molar-refractivity contribution in [2.45, 2.75) is 25.4 Å². The van der Waals surface area contributed by atoms with Gasteiger partial charge in [0.2, 0.25) is 5.91 Å². The standard InChI is InChI=1S/C20H26N4O3/c1-27-16-4-5-17-14(11-16)10-15(19(25)22-17)12-23-9-6-21-18(13-23)20(26)24-7-2-3-8-24/h4-5,10-11,18,21H,2-3,6-9,12-13H2,1H3,(H,22,25)/t18-/m1/s1. The topological polar surface area (TPSA) is 77.7 Å². The van der Waals surface area contributed by atoms with Crippen LogP contribution in [0.4, 0.5) is 0 Å². The van der Waals surface area contributed by atoms with Crippen LogP contribution < -0.4 is 15.6 Å². The summed E-state index contributed by atoms with van der Waals surface area (Å²) in [7, 11) is 1.63. The van der Waals surface area contributed by atoms with Gasteiger partial charge in [0.1, 0.15) is 5.75 Å². The molecular formula is C20H26N4O3. The molecule has 0 unspecified atom stereocenters. The number of benzene rings is 1. The van der Waals surface area contributed by atoms with E-state index < -0.39 is 0 Å². The third kappa shape index (κ3) is 3.84. The lowest BCUT2D eigenvalue weighted by atomic mass is 10.1. The number of ether oxygens (including phenoxy) is 1. The van der Waals surface area contributed by atoms with Crippen molar-refractivity contribution in [3.8, 4) is 5.75 Å². The number of aromatic nitrogens is 1. The number of aromatic amines is 1. The second-order valence-corrected chi connectivity index (χ2v) is 7.35. The first kappa shape index (κ1) is 18.0. The number of amides is 1. The largest absolute Gasteiger partial charge is 0.497 e. The summed E-state index contributed by atoms with van der Waals surface area (Å²) in [5.74, 6) is 0.952. The molecular weight excluding hydrogens is 344 g/mol. The fourth-order valence-corrected chi connectivity index (χ4v) is 3.99. The van der Waals surface area contributed by atoms with Gasteiger partial charge in [0.05, 0.1) is 13.2 Å². The first-order valence-electron chi connectivity index (χ1n) is 9.58. The highest BCUT2D eigenvalue weighted by atomic mass is 16.5. The fraction of sp³-hybridized carbons (Fsp3) is 0.500. The molecule has 2 saturated heterocycles. The Kier molecular flexibility index (Phi) is 5.13. The minimum atomic E-state index is -0.184. The molecule has 2 aliphatic rings. The number of hydrogen-bond donors (Lipinski definition) is 2. The molecule has 7 nitrogen and oxygen atoms in total. The zero-order valence-electron chi connectivity index (χ0n) is 15.7. The number of carbonyl (C=O) groups is 1. The van der Waals surface area contributed by atoms with E-state index in [1.165, 1.54) is 0 Å². The summed E-state index contributed by atoms with van der Waals surface area (Å²) in [6, 6.07) is 7.36. The van der Waals surface area contributed by atoms with Gasteiger partial charge in [0.25, 0.3) is 5.56 Å². The molecule has 3 heterocycles. The number of nitrogens with zero attached hydrogens (tertiary/aromatic N) is 2. The Balaban J connectivity index is 1.50. The number of nitrogens with one attached hydrogen (secondary N) is 2. The van der Waals surface area contributed by atoms with Crippen molar-refractivity contribution in [3.63, 3.8) is 0 Å². The van der Waals surface area contributed by atoms with Crippen molar-refractivity contribution in [2.75, 3.05) is 39.8 Å². The van der Waals surface area contributed by atoms with Gasteiger partial charge in [-0.1, -0.05) is 0 Å². The molecule has 0 saturated carbocycles. The van der Waals surface area contributed by atoms with Crippen LogP contribution in [-0.2, 0) is 11.3 Å². The predicted octanol–water partition coefficient (Wildman–Crippen LogP) is 0.933. The summed E-state index contributed by atoms with van der Waals surface area (Å²) in [5, 5.41) is 4.28. The maximum atomic E-state index is 12.7. The predicted molar refractivity (Wildman–Crippen MR) is 104 cm³/mol. The first-order chi connectivity index (χ1) is 13.1. The Morgan fingerprint density at radius 1 is 1.22 bits per heavy atom. The number of pyridine rings is 1. The van der Waals surface area contributed by atoms with Gasteiger partial charge in [-0.3, -0.25) is 14.5 Å². The van der Waals surface area contributed by atoms with E-state index in [0.29, 0.717) is 18.7 Å². The molecule has 1 amide bonds. The lowest BCUT2D eigenvalue weighted by Crippen LogP contribution is -2.57. The lowest BCUT2D eigenvalue weighted by molar-refractivity contribution is -0.133. The number of hydrogen-bond acceptors (Lipinski definition) is 5. The minimum Gasteiger partial charge on any atom is -0.497 e. The molecule has 144 valence electrons. The Bertz CT molecular complexity index is 888. The van der Waals surface area contributed by atoms with E-state index in [1.54, 1.807) is 7.11 Å². The second-order valence-electron chi connectivity index (χ2n) is 7.35. The molecule has 2 fully saturated rings. The number of rotatable bonds is 4. The van der Waals surface area contributed by atoms with Crippen molar-refractivity contribution in [3.05, 3.63) is 40.2 Å². The number of fused-ring (bicyclic) bond motifs is 1. The highest BCUT2D eigenvalue weighted by Crippen LogP contribution is 2.19. The molecule has 1 aromatic heterocycles. The third-order valence-corrected chi connectivity index (χ3v) is 5.50. The molecule has 0 bridgehead atoms. The Hall–Kier alpha value is -2.38. The highest BCUT2D eigenvalue weighted by Gasteiger charge is 2.30. The maximum absolute atomic E-state index is 12.7. The summed E-state index contributed by atoms with van der Waals surface area (Å²) in [6.45, 7) is 4.47. The van der Waals surface area contributed by atoms with Crippen molar-refractivity contribution < 1.29 is 9.53 Å². The van der Waals surface area contributed by atoms with E-state index in [1.807, 2.05) is 29.2 Å². The number of likely N-dealkylation sites (tertiary alicyclic amines) is 1. The average molecular weight is 370 g/mol. The van der Waals surface area contributed by atoms with Crippen molar-refractivity contribution in [2.24, 2.45) is 0 Å². The number of piperazine rings is 1. The third-order valence-electron chi connectivity index (χ3n) is 5.50. The van der Waals surface area contributed by atoms with Crippen LogP contribution in [0, 0.1) is 0 Å². The molecule has 0 radical (unpaired) electrons. The van der Waals surface area contributed by atoms with E-state index >= 15 is 0 Å². The van der Waals surface area contributed by atoms with Gasteiger partial charge >= 0.3 is 0 Å². The van der Waals surface area contributed by atoms with Crippen LogP contribution in [0.25, 0.3) is 10.9 Å². The van der Waals surface area contributed by atoms with Crippen LogP contribution >= 0.6 is 0 Å². The molecule has 0 aliphatic carbocycles. The van der Waals surface area contributed by atoms with Gasteiger partial charge in [-0.25, -0.2) is 0 Å². The number of H-pyrrole nitrogens is 1. The van der Waals surface area contributed by atoms with Crippen LogP contribution in [0.5, 0.6) is 5.75 Å². The molecule has 4 rings (SSSR count). The van der Waals surface area contributed by atoms with E-state index in [4.69, 9.17) is 4.74 Å². The lowest BCUT2D eigenvalue weighted by Gasteiger charge is -2.34. The van der Waals surface area contributed by atoms with Gasteiger partial charge in [-0.15, -0.1) is 0 Å². The first-order valence-corrected chi connectivity index (χ1v) is 9.58. The van der Waals surface area contributed by atoms with Crippen molar-refractivity contribution in [1.82, 2.24) is 20.1 Å². The van der Waals surface area contributed by atoms with Gasteiger partial charge in [-0.05, 0) is 37.1 Å². The summed E-state index contributed by atoms with van der Waals surface area (Å²) in [4.78, 5) is 32.2. The van der Waals surface area contributed by atoms with Crippen LogP contribution in [0.3, 0.4) is 0 Å². The molecule has 27 heavy (non-hydrogen) atoms. The van der Waals surface area contributed by atoms with Gasteiger partial charge < -0.3 is 19.9 Å². The number of methoxy groups -OCH3 is 1. The van der Waals surface area contributed by atoms with E-state index in [-0.39, 0.29) is 17.5 Å². The summed E-state index contributed by atoms with van der Waals surface area (Å²) >= 11 is 0. The van der Waals surface area contributed by atoms with Gasteiger partial charge in [0, 0.05) is 55.7 Å². The van der Waals surface area contributed by atoms with Crippen LogP contribution in [-0.4, -0.2) is 66.6 Å². The normalized spacial score (nSPS) is 20.9. The van der Waals surface area contributed by atoms with Crippen molar-refractivity contribution >= 4 is 16.8 Å². The molecule has 1 aromatic carbocycles. The van der Waals surface area contributed by atoms with Crippen LogP contribution in [0.15, 0.2) is 29.1 Å². The zero-order chi connectivity index (χ0) is 18.8. The zero-order valence-corrected chi connectivity index (χ0v) is 15.7. The molecule has 2 aromatic rings. The average Bonchev–Trinajstić information content (AvgIpc) is 3.22. The summed E-state index contributed by atoms with van der Waals surface area (Å²) < 4.78 is 5.28. The summed E-state index contributed by atoms with van der Waals surface area (Å²) in [5.41, 5.74) is 1.44. The molecule has 2 aliphatic heterocycles. The van der Waals surface area contributed by atoms with Crippen LogP contribution in [0.1, 0.15) is 18.4 Å². The second kappa shape index (κ2) is 7.70. The highest BCUT2D eigenvalue weighted by molar-refractivity contribution is 5.82. The quantitative estimate of drug-likeness (QED) is 0.837. The smallest absolute Gasteiger partial charge is 0.252 e. The monoisotopic (exact) mass is 370 g/mol. The Morgan fingerprint density at radius 2 is 2.04 bits per heavy atom. The Labute approximate surface area is 158 Å². The number of carbonyl (C=O) groups excluding carboxylic acids is 1. The SMILES string of the molecule is COc1ccc2[nH]c(=O)c(CN3CCN[C@@H](C(=O)N4CCCC4)C3)cc2c1. The Morgan fingerprint density at radius 3 is 2.81 bits per heavy atom. The minimum absolute atomic E-state index is 0.0754. The molecule has 1 atom stereocenters. The van der Waals surface area contributed by atoms with Gasteiger partial charge in [0.15, 0.2) is 0 Å². The van der Waals surface area contributed by atoms with E-state index in [9.17, 15) is 9.59 Å². The van der Waals surface area contributed by atoms with Crippen LogP contribution in [0.2, 0.25) is 0 Å². The molecule has 7 heteroatoms. The van der Waals surface area contributed by atoms with Crippen molar-refractivity contribution in [1.29, 1.82) is 0 Å².